The van der Waals surface area contributed by atoms with E-state index in [9.17, 15) is 14.9 Å². The average Bonchev–Trinajstić information content (AvgIpc) is 2.34. The zero-order valence-electron chi connectivity index (χ0n) is 9.72. The van der Waals surface area contributed by atoms with Gasteiger partial charge in [0, 0.05) is 26.2 Å². The molecule has 1 aromatic rings. The molecule has 0 bridgehead atoms. The van der Waals surface area contributed by atoms with Gasteiger partial charge in [-0.25, -0.2) is 4.79 Å². The molecule has 0 aliphatic rings. The summed E-state index contributed by atoms with van der Waals surface area (Å²) in [5, 5.41) is 10.7. The molecule has 0 radical (unpaired) electrons. The van der Waals surface area contributed by atoms with Gasteiger partial charge in [0.2, 0.25) is 0 Å². The number of ether oxygens (including phenoxy) is 2. The third-order valence-electron chi connectivity index (χ3n) is 2.10. The van der Waals surface area contributed by atoms with Gasteiger partial charge >= 0.3 is 5.97 Å². The van der Waals surface area contributed by atoms with Crippen molar-refractivity contribution in [3.63, 3.8) is 0 Å². The molecule has 0 N–H and O–H groups in total. The predicted molar refractivity (Wildman–Crippen MR) is 67.6 cm³/mol. The number of benzene rings is 1. The van der Waals surface area contributed by atoms with Gasteiger partial charge in [-0.05, 0) is 28.1 Å². The summed E-state index contributed by atoms with van der Waals surface area (Å²) in [5.41, 5.74) is -0.0105. The van der Waals surface area contributed by atoms with Crippen molar-refractivity contribution < 1.29 is 19.2 Å². The van der Waals surface area contributed by atoms with Gasteiger partial charge in [-0.2, -0.15) is 0 Å². The SMILES string of the molecule is COCCCOC(=O)c1ccc(Br)c([N+](=O)[O-])c1. The highest BCUT2D eigenvalue weighted by molar-refractivity contribution is 9.10. The minimum absolute atomic E-state index is 0.155. The van der Waals surface area contributed by atoms with Crippen molar-refractivity contribution in [1.29, 1.82) is 0 Å². The third-order valence-corrected chi connectivity index (χ3v) is 2.78. The highest BCUT2D eigenvalue weighted by atomic mass is 79.9. The second kappa shape index (κ2) is 7.07. The maximum Gasteiger partial charge on any atom is 0.338 e. The zero-order chi connectivity index (χ0) is 13.5. The van der Waals surface area contributed by atoms with Gasteiger partial charge in [0.25, 0.3) is 5.69 Å². The summed E-state index contributed by atoms with van der Waals surface area (Å²) in [6.45, 7) is 0.713. The lowest BCUT2D eigenvalue weighted by Crippen LogP contribution is -2.08. The number of carbonyl (C=O) groups is 1. The summed E-state index contributed by atoms with van der Waals surface area (Å²) in [4.78, 5) is 21.7. The number of nitro groups is 1. The normalized spacial score (nSPS) is 10.1. The molecular formula is C11H12BrNO5. The number of methoxy groups -OCH3 is 1. The summed E-state index contributed by atoms with van der Waals surface area (Å²) in [5.74, 6) is -0.582. The number of nitro benzene ring substituents is 1. The first-order valence-electron chi connectivity index (χ1n) is 5.16. The van der Waals surface area contributed by atoms with E-state index in [1.165, 1.54) is 18.2 Å². The maximum atomic E-state index is 11.6. The molecule has 0 saturated carbocycles. The Balaban J connectivity index is 2.68. The van der Waals surface area contributed by atoms with Crippen molar-refractivity contribution in [1.82, 2.24) is 0 Å². The van der Waals surface area contributed by atoms with E-state index in [1.807, 2.05) is 0 Å². The van der Waals surface area contributed by atoms with Crippen LogP contribution in [0, 0.1) is 10.1 Å². The van der Waals surface area contributed by atoms with E-state index in [0.717, 1.165) is 0 Å². The van der Waals surface area contributed by atoms with Crippen LogP contribution in [0.3, 0.4) is 0 Å². The number of nitrogens with zero attached hydrogens (tertiary/aromatic N) is 1. The van der Waals surface area contributed by atoms with Crippen molar-refractivity contribution in [2.24, 2.45) is 0 Å². The smallest absolute Gasteiger partial charge is 0.338 e. The zero-order valence-corrected chi connectivity index (χ0v) is 11.3. The Bertz CT molecular complexity index is 449. The fourth-order valence-corrected chi connectivity index (χ4v) is 1.62. The van der Waals surface area contributed by atoms with Crippen molar-refractivity contribution in [3.05, 3.63) is 38.3 Å². The number of esters is 1. The fraction of sp³-hybridized carbons (Fsp3) is 0.364. The molecule has 0 spiro atoms. The Kier molecular flexibility index (Phi) is 5.73. The first-order chi connectivity index (χ1) is 8.56. The number of hydrogen-bond acceptors (Lipinski definition) is 5. The third kappa shape index (κ3) is 4.08. The van der Waals surface area contributed by atoms with Crippen molar-refractivity contribution in [3.8, 4) is 0 Å². The van der Waals surface area contributed by atoms with Crippen molar-refractivity contribution in [2.75, 3.05) is 20.3 Å². The van der Waals surface area contributed by atoms with E-state index >= 15 is 0 Å². The van der Waals surface area contributed by atoms with Crippen LogP contribution >= 0.6 is 15.9 Å². The van der Waals surface area contributed by atoms with Crippen LogP contribution in [0.25, 0.3) is 0 Å². The molecule has 6 nitrogen and oxygen atoms in total. The van der Waals surface area contributed by atoms with E-state index in [0.29, 0.717) is 17.5 Å². The summed E-state index contributed by atoms with van der Waals surface area (Å²) < 4.78 is 10.1. The van der Waals surface area contributed by atoms with E-state index in [4.69, 9.17) is 9.47 Å². The molecule has 0 aromatic heterocycles. The standard InChI is InChI=1S/C11H12BrNO5/c1-17-5-2-6-18-11(14)8-3-4-9(12)10(7-8)13(15)16/h3-4,7H,2,5-6H2,1H3. The lowest BCUT2D eigenvalue weighted by atomic mass is 10.2. The van der Waals surface area contributed by atoms with Crippen LogP contribution < -0.4 is 0 Å². The fourth-order valence-electron chi connectivity index (χ4n) is 1.23. The first-order valence-corrected chi connectivity index (χ1v) is 5.95. The molecule has 1 rings (SSSR count). The Morgan fingerprint density at radius 2 is 2.17 bits per heavy atom. The van der Waals surface area contributed by atoms with Crippen LogP contribution in [0.5, 0.6) is 0 Å². The summed E-state index contributed by atoms with van der Waals surface area (Å²) >= 11 is 3.04. The van der Waals surface area contributed by atoms with Gasteiger partial charge in [-0.3, -0.25) is 10.1 Å². The molecule has 0 atom stereocenters. The van der Waals surface area contributed by atoms with Gasteiger partial charge in [-0.15, -0.1) is 0 Å². The van der Waals surface area contributed by atoms with E-state index in [2.05, 4.69) is 15.9 Å². The minimum Gasteiger partial charge on any atom is -0.462 e. The second-order valence-electron chi connectivity index (χ2n) is 3.41. The van der Waals surface area contributed by atoms with Gasteiger partial charge in [0.05, 0.1) is 21.6 Å². The highest BCUT2D eigenvalue weighted by Gasteiger charge is 2.16. The van der Waals surface area contributed by atoms with Crippen LogP contribution in [-0.4, -0.2) is 31.2 Å². The van der Waals surface area contributed by atoms with Crippen LogP contribution in [0.2, 0.25) is 0 Å². The number of halogens is 1. The van der Waals surface area contributed by atoms with Gasteiger partial charge in [-0.1, -0.05) is 0 Å². The van der Waals surface area contributed by atoms with Gasteiger partial charge in [0.1, 0.15) is 0 Å². The largest absolute Gasteiger partial charge is 0.462 e. The lowest BCUT2D eigenvalue weighted by molar-refractivity contribution is -0.385. The second-order valence-corrected chi connectivity index (χ2v) is 4.26. The predicted octanol–water partition coefficient (Wildman–Crippen LogP) is 2.55. The topological polar surface area (TPSA) is 78.7 Å². The first kappa shape index (κ1) is 14.6. The van der Waals surface area contributed by atoms with Gasteiger partial charge < -0.3 is 9.47 Å². The van der Waals surface area contributed by atoms with Crippen LogP contribution in [-0.2, 0) is 9.47 Å². The quantitative estimate of drug-likeness (QED) is 0.348. The molecule has 98 valence electrons. The van der Waals surface area contributed by atoms with E-state index < -0.39 is 10.9 Å². The minimum atomic E-state index is -0.582. The number of carbonyl (C=O) groups excluding carboxylic acids is 1. The number of rotatable bonds is 6. The number of hydrogen-bond donors (Lipinski definition) is 0. The summed E-state index contributed by atoms with van der Waals surface area (Å²) in [7, 11) is 1.56. The Morgan fingerprint density at radius 1 is 1.44 bits per heavy atom. The molecule has 0 unspecified atom stereocenters. The summed E-state index contributed by atoms with van der Waals surface area (Å²) in [6.07, 6.45) is 0.584. The average molecular weight is 318 g/mol. The van der Waals surface area contributed by atoms with Crippen LogP contribution in [0.4, 0.5) is 5.69 Å². The molecule has 0 amide bonds. The molecule has 1 aromatic carbocycles. The Hall–Kier alpha value is -1.47. The maximum absolute atomic E-state index is 11.6. The molecule has 7 heteroatoms. The van der Waals surface area contributed by atoms with Crippen LogP contribution in [0.1, 0.15) is 16.8 Å². The molecule has 0 heterocycles. The molecule has 0 aliphatic heterocycles. The van der Waals surface area contributed by atoms with Crippen molar-refractivity contribution >= 4 is 27.6 Å². The Morgan fingerprint density at radius 3 is 2.78 bits per heavy atom. The molecule has 0 saturated heterocycles. The van der Waals surface area contributed by atoms with Gasteiger partial charge in [0.15, 0.2) is 0 Å². The van der Waals surface area contributed by atoms with Crippen LogP contribution in [0.15, 0.2) is 22.7 Å². The molecule has 18 heavy (non-hydrogen) atoms. The van der Waals surface area contributed by atoms with E-state index in [-0.39, 0.29) is 17.9 Å². The monoisotopic (exact) mass is 317 g/mol. The molecular weight excluding hydrogens is 306 g/mol. The molecule has 0 fully saturated rings. The summed E-state index contributed by atoms with van der Waals surface area (Å²) in [6, 6.07) is 4.10. The highest BCUT2D eigenvalue weighted by Crippen LogP contribution is 2.25. The van der Waals surface area contributed by atoms with Crippen molar-refractivity contribution in [2.45, 2.75) is 6.42 Å². The van der Waals surface area contributed by atoms with E-state index in [1.54, 1.807) is 7.11 Å². The lowest BCUT2D eigenvalue weighted by Gasteiger charge is -2.04. The Labute approximate surface area is 112 Å². The molecule has 0 aliphatic carbocycles.